The Kier molecular flexibility index (Phi) is 5.40. The fourth-order valence-corrected chi connectivity index (χ4v) is 3.14. The lowest BCUT2D eigenvalue weighted by molar-refractivity contribution is -0.128. The van der Waals surface area contributed by atoms with E-state index in [1.807, 2.05) is 12.2 Å². The summed E-state index contributed by atoms with van der Waals surface area (Å²) in [4.78, 5) is 14.7. The highest BCUT2D eigenvalue weighted by molar-refractivity contribution is 5.82. The molecule has 108 valence electrons. The van der Waals surface area contributed by atoms with E-state index in [1.165, 1.54) is 6.42 Å². The molecule has 0 saturated carbocycles. The number of carbonyl (C=O) groups is 1. The molecule has 3 atom stereocenters. The summed E-state index contributed by atoms with van der Waals surface area (Å²) >= 11 is 0. The lowest BCUT2D eigenvalue weighted by atomic mass is 10.0. The summed E-state index contributed by atoms with van der Waals surface area (Å²) < 4.78 is 0. The summed E-state index contributed by atoms with van der Waals surface area (Å²) in [6.07, 6.45) is 9.30. The van der Waals surface area contributed by atoms with Crippen molar-refractivity contribution in [2.24, 2.45) is 5.92 Å². The summed E-state index contributed by atoms with van der Waals surface area (Å²) in [5.41, 5.74) is 0. The van der Waals surface area contributed by atoms with Crippen molar-refractivity contribution in [1.29, 1.82) is 0 Å². The van der Waals surface area contributed by atoms with Crippen molar-refractivity contribution < 1.29 is 9.90 Å². The Bertz CT molecular complexity index is 328. The van der Waals surface area contributed by atoms with Crippen LogP contribution >= 0.6 is 0 Å². The third-order valence-electron chi connectivity index (χ3n) is 4.16. The highest BCUT2D eigenvalue weighted by Crippen LogP contribution is 2.20. The van der Waals surface area contributed by atoms with Gasteiger partial charge in [0.2, 0.25) is 5.91 Å². The molecule has 2 rings (SSSR count). The topological polar surface area (TPSA) is 52.6 Å². The fourth-order valence-electron chi connectivity index (χ4n) is 3.14. The van der Waals surface area contributed by atoms with Gasteiger partial charge in [-0.15, -0.1) is 0 Å². The summed E-state index contributed by atoms with van der Waals surface area (Å²) in [7, 11) is 0. The van der Waals surface area contributed by atoms with E-state index in [1.54, 1.807) is 0 Å². The highest BCUT2D eigenvalue weighted by Gasteiger charge is 2.30. The van der Waals surface area contributed by atoms with Crippen LogP contribution in [0.1, 0.15) is 39.0 Å². The van der Waals surface area contributed by atoms with Gasteiger partial charge in [0.25, 0.3) is 0 Å². The zero-order valence-corrected chi connectivity index (χ0v) is 11.8. The molecule has 1 saturated heterocycles. The van der Waals surface area contributed by atoms with Gasteiger partial charge in [0, 0.05) is 18.6 Å². The van der Waals surface area contributed by atoms with Crippen molar-refractivity contribution in [3.63, 3.8) is 0 Å². The molecule has 2 N–H and O–H groups in total. The number of aliphatic hydroxyl groups is 1. The van der Waals surface area contributed by atoms with Crippen LogP contribution in [0, 0.1) is 5.92 Å². The average Bonchev–Trinajstić information content (AvgIpc) is 2.87. The molecule has 1 aliphatic carbocycles. The number of carbonyl (C=O) groups excluding carboxylic acids is 1. The molecule has 0 unspecified atom stereocenters. The van der Waals surface area contributed by atoms with Crippen molar-refractivity contribution in [2.45, 2.75) is 51.1 Å². The van der Waals surface area contributed by atoms with Crippen molar-refractivity contribution >= 4 is 5.91 Å². The molecule has 19 heavy (non-hydrogen) atoms. The first-order valence-corrected chi connectivity index (χ1v) is 7.58. The quantitative estimate of drug-likeness (QED) is 0.738. The maximum absolute atomic E-state index is 12.4. The molecule has 4 heteroatoms. The number of piperidine rings is 1. The van der Waals surface area contributed by atoms with Gasteiger partial charge in [-0.2, -0.15) is 0 Å². The summed E-state index contributed by atoms with van der Waals surface area (Å²) in [6, 6.07) is 0.158. The van der Waals surface area contributed by atoms with Crippen molar-refractivity contribution in [3.05, 3.63) is 12.2 Å². The molecule has 1 fully saturated rings. The van der Waals surface area contributed by atoms with Gasteiger partial charge in [-0.05, 0) is 38.8 Å². The standard InChI is InChI=1S/C15H26N2O2/c1-2-8-17-9-4-3-5-14(17)15(19)16-13-7-6-12(10-13)11-18/h6-7,12-14,18H,2-5,8-11H2,1H3,(H,16,19)/t12-,13+,14+/m0/s1. The van der Waals surface area contributed by atoms with E-state index < -0.39 is 0 Å². The molecular formula is C15H26N2O2. The third kappa shape index (κ3) is 3.80. The van der Waals surface area contributed by atoms with E-state index in [4.69, 9.17) is 5.11 Å². The normalized spacial score (nSPS) is 31.6. The van der Waals surface area contributed by atoms with E-state index in [0.717, 1.165) is 38.8 Å². The number of likely N-dealkylation sites (tertiary alicyclic amines) is 1. The van der Waals surface area contributed by atoms with Gasteiger partial charge in [-0.1, -0.05) is 25.5 Å². The van der Waals surface area contributed by atoms with Crippen molar-refractivity contribution in [2.75, 3.05) is 19.7 Å². The number of nitrogens with zero attached hydrogens (tertiary/aromatic N) is 1. The first kappa shape index (κ1) is 14.5. The molecule has 0 bridgehead atoms. The predicted octanol–water partition coefficient (Wildman–Crippen LogP) is 1.30. The molecule has 1 amide bonds. The molecule has 0 radical (unpaired) electrons. The molecule has 2 aliphatic rings. The minimum absolute atomic E-state index is 0.0512. The first-order valence-electron chi connectivity index (χ1n) is 7.58. The Morgan fingerprint density at radius 2 is 2.26 bits per heavy atom. The number of hydrogen-bond donors (Lipinski definition) is 2. The molecule has 0 spiro atoms. The largest absolute Gasteiger partial charge is 0.396 e. The Balaban J connectivity index is 1.86. The van der Waals surface area contributed by atoms with E-state index >= 15 is 0 Å². The Morgan fingerprint density at radius 1 is 1.42 bits per heavy atom. The Labute approximate surface area is 115 Å². The highest BCUT2D eigenvalue weighted by atomic mass is 16.3. The minimum Gasteiger partial charge on any atom is -0.396 e. The zero-order valence-electron chi connectivity index (χ0n) is 11.8. The number of hydrogen-bond acceptors (Lipinski definition) is 3. The third-order valence-corrected chi connectivity index (χ3v) is 4.16. The molecule has 0 aromatic heterocycles. The lowest BCUT2D eigenvalue weighted by Gasteiger charge is -2.35. The van der Waals surface area contributed by atoms with Gasteiger partial charge in [0.05, 0.1) is 6.04 Å². The van der Waals surface area contributed by atoms with Crippen LogP contribution in [0.4, 0.5) is 0 Å². The summed E-state index contributed by atoms with van der Waals surface area (Å²) in [5.74, 6) is 0.379. The van der Waals surface area contributed by atoms with Crippen LogP contribution < -0.4 is 5.32 Å². The van der Waals surface area contributed by atoms with Gasteiger partial charge >= 0.3 is 0 Å². The van der Waals surface area contributed by atoms with Crippen LogP contribution in [0.2, 0.25) is 0 Å². The average molecular weight is 266 g/mol. The summed E-state index contributed by atoms with van der Waals surface area (Å²) in [5, 5.41) is 12.2. The zero-order chi connectivity index (χ0) is 13.7. The summed E-state index contributed by atoms with van der Waals surface area (Å²) in [6.45, 7) is 4.40. The van der Waals surface area contributed by atoms with Gasteiger partial charge < -0.3 is 10.4 Å². The molecular weight excluding hydrogens is 240 g/mol. The number of rotatable bonds is 5. The maximum atomic E-state index is 12.4. The fraction of sp³-hybridized carbons (Fsp3) is 0.800. The predicted molar refractivity (Wildman–Crippen MR) is 75.8 cm³/mol. The van der Waals surface area contributed by atoms with Crippen LogP contribution in [0.15, 0.2) is 12.2 Å². The van der Waals surface area contributed by atoms with Crippen LogP contribution in [0.5, 0.6) is 0 Å². The Morgan fingerprint density at radius 3 is 2.95 bits per heavy atom. The molecule has 0 aromatic rings. The maximum Gasteiger partial charge on any atom is 0.237 e. The minimum atomic E-state index is 0.0512. The number of nitrogens with one attached hydrogen (secondary N) is 1. The van der Waals surface area contributed by atoms with Gasteiger partial charge in [-0.25, -0.2) is 0 Å². The smallest absolute Gasteiger partial charge is 0.237 e. The van der Waals surface area contributed by atoms with Gasteiger partial charge in [0.1, 0.15) is 0 Å². The van der Waals surface area contributed by atoms with Crippen LogP contribution in [0.3, 0.4) is 0 Å². The molecule has 4 nitrogen and oxygen atoms in total. The number of aliphatic hydroxyl groups excluding tert-OH is 1. The molecule has 0 aromatic carbocycles. The first-order chi connectivity index (χ1) is 9.24. The monoisotopic (exact) mass is 266 g/mol. The second-order valence-corrected chi connectivity index (χ2v) is 5.73. The number of amides is 1. The second-order valence-electron chi connectivity index (χ2n) is 5.73. The SMILES string of the molecule is CCCN1CCCC[C@@H]1C(=O)N[C@@H]1C=C[C@H](CO)C1. The van der Waals surface area contributed by atoms with Crippen LogP contribution in [0.25, 0.3) is 0 Å². The van der Waals surface area contributed by atoms with E-state index in [9.17, 15) is 4.79 Å². The van der Waals surface area contributed by atoms with Crippen LogP contribution in [-0.4, -0.2) is 47.7 Å². The second kappa shape index (κ2) is 7.06. The Hall–Kier alpha value is -0.870. The van der Waals surface area contributed by atoms with E-state index in [-0.39, 0.29) is 30.5 Å². The molecule has 1 heterocycles. The van der Waals surface area contributed by atoms with Crippen LogP contribution in [-0.2, 0) is 4.79 Å². The van der Waals surface area contributed by atoms with Gasteiger partial charge in [0.15, 0.2) is 0 Å². The lowest BCUT2D eigenvalue weighted by Crippen LogP contribution is -2.51. The van der Waals surface area contributed by atoms with E-state index in [2.05, 4.69) is 17.1 Å². The molecule has 1 aliphatic heterocycles. The van der Waals surface area contributed by atoms with Crippen molar-refractivity contribution in [1.82, 2.24) is 10.2 Å². The van der Waals surface area contributed by atoms with Crippen molar-refractivity contribution in [3.8, 4) is 0 Å². The van der Waals surface area contributed by atoms with E-state index in [0.29, 0.717) is 0 Å². The van der Waals surface area contributed by atoms with Gasteiger partial charge in [-0.3, -0.25) is 9.69 Å².